The molecule has 5 heteroatoms. The lowest BCUT2D eigenvalue weighted by Gasteiger charge is -1.85. The predicted octanol–water partition coefficient (Wildman–Crippen LogP) is -0.403. The van der Waals surface area contributed by atoms with E-state index in [9.17, 15) is 8.78 Å². The lowest BCUT2D eigenvalue weighted by Crippen LogP contribution is -2.17. The average molecular weight is 126 g/mol. The van der Waals surface area contributed by atoms with Gasteiger partial charge >= 0.3 is 12.3 Å². The molecule has 1 aliphatic heterocycles. The van der Waals surface area contributed by atoms with Gasteiger partial charge in [0.05, 0.1) is 0 Å². The molecule has 3 nitrogen and oxygen atoms in total. The Kier molecular flexibility index (Phi) is 0.858. The second-order valence-electron chi connectivity index (χ2n) is 1.34. The summed E-state index contributed by atoms with van der Waals surface area (Å²) in [5.41, 5.74) is 0. The first-order chi connectivity index (χ1) is 3.60. The van der Waals surface area contributed by atoms with Crippen LogP contribution in [0.5, 0.6) is 0 Å². The minimum absolute atomic E-state index is 0.779. The summed E-state index contributed by atoms with van der Waals surface area (Å²) in [5, 5.41) is 0. The second kappa shape index (κ2) is 1.30. The maximum atomic E-state index is 11.7. The number of aliphatic hydroxyl groups is 1. The highest BCUT2D eigenvalue weighted by Gasteiger charge is 2.59. The maximum Gasteiger partial charge on any atom is 0.890 e. The summed E-state index contributed by atoms with van der Waals surface area (Å²) in [6.45, 7) is -0.779. The lowest BCUT2D eigenvalue weighted by molar-refractivity contribution is -0.173. The molecular weight excluding hydrogens is 122 g/mol. The quantitative estimate of drug-likeness (QED) is 0.321. The van der Waals surface area contributed by atoms with Gasteiger partial charge in [-0.05, 0) is 0 Å². The van der Waals surface area contributed by atoms with Crippen molar-refractivity contribution in [2.75, 3.05) is 6.61 Å². The predicted molar refractivity (Wildman–Crippen MR) is 20.1 cm³/mol. The van der Waals surface area contributed by atoms with Crippen molar-refractivity contribution in [2.45, 2.75) is 6.11 Å². The van der Waals surface area contributed by atoms with Crippen LogP contribution in [0.25, 0.3) is 0 Å². The highest BCUT2D eigenvalue weighted by atomic mass is 19.3. The standard InChI is InChI=1S/C3H2F2O3/c4-3(5)1-7-2(6)8-3/h1H2/p+2. The Morgan fingerprint density at radius 3 is 2.50 bits per heavy atom. The first kappa shape index (κ1) is 5.27. The first-order valence-electron chi connectivity index (χ1n) is 1.90. The molecule has 1 rings (SSSR count). The van der Waals surface area contributed by atoms with Crippen molar-refractivity contribution in [3.05, 3.63) is 0 Å². The molecule has 0 spiro atoms. The number of rotatable bonds is 0. The molecule has 0 aliphatic carbocycles. The summed E-state index contributed by atoms with van der Waals surface area (Å²) in [6.07, 6.45) is -4.22. The van der Waals surface area contributed by atoms with Crippen LogP contribution in [0, 0.1) is 0 Å². The van der Waals surface area contributed by atoms with Gasteiger partial charge in [0.15, 0.2) is 0 Å². The van der Waals surface area contributed by atoms with Crippen LogP contribution in [-0.2, 0) is 4.74 Å². The van der Waals surface area contributed by atoms with Gasteiger partial charge in [0.2, 0.25) is 0 Å². The van der Waals surface area contributed by atoms with E-state index in [1.807, 2.05) is 0 Å². The lowest BCUT2D eigenvalue weighted by atomic mass is 10.7. The smallest absolute Gasteiger partial charge is 0.466 e. The molecule has 0 aromatic rings. The fraction of sp³-hybridized carbons (Fsp3) is 0.667. The zero-order chi connectivity index (χ0) is 6.20. The molecule has 1 fully saturated rings. The van der Waals surface area contributed by atoms with Gasteiger partial charge in [-0.25, -0.2) is 4.79 Å². The van der Waals surface area contributed by atoms with Gasteiger partial charge in [-0.2, -0.15) is 0 Å². The van der Waals surface area contributed by atoms with Crippen LogP contribution < -0.4 is 0 Å². The van der Waals surface area contributed by atoms with Crippen molar-refractivity contribution in [1.29, 1.82) is 0 Å². The van der Waals surface area contributed by atoms with E-state index in [0.29, 0.717) is 0 Å². The van der Waals surface area contributed by atoms with Gasteiger partial charge in [0.1, 0.15) is 0 Å². The van der Waals surface area contributed by atoms with Crippen LogP contribution in [0.4, 0.5) is 8.78 Å². The Bertz CT molecular complexity index is 122. The largest absolute Gasteiger partial charge is 0.890 e. The Hall–Kier alpha value is -0.870. The van der Waals surface area contributed by atoms with Crippen LogP contribution in [0.3, 0.4) is 0 Å². The third-order valence-corrected chi connectivity index (χ3v) is 0.639. The van der Waals surface area contributed by atoms with Crippen molar-refractivity contribution >= 4 is 6.16 Å². The number of alkyl halides is 2. The van der Waals surface area contributed by atoms with Crippen LogP contribution in [0.2, 0.25) is 0 Å². The summed E-state index contributed by atoms with van der Waals surface area (Å²) >= 11 is 0. The molecule has 0 aromatic carbocycles. The van der Waals surface area contributed by atoms with Crippen LogP contribution >= 0.6 is 0 Å². The zero-order valence-electron chi connectivity index (χ0n) is 3.77. The minimum atomic E-state index is -3.29. The Morgan fingerprint density at radius 2 is 2.38 bits per heavy atom. The molecule has 8 heavy (non-hydrogen) atoms. The van der Waals surface area contributed by atoms with Gasteiger partial charge in [0, 0.05) is 0 Å². The molecular formula is C3H4F2O3+2. The number of halogens is 2. The topological polar surface area (TPSA) is 43.4 Å². The molecule has 0 atom stereocenters. The third-order valence-electron chi connectivity index (χ3n) is 0.639. The normalized spacial score (nSPS) is 24.5. The average Bonchev–Trinajstić information content (AvgIpc) is 1.82. The number of hydrogen-bond acceptors (Lipinski definition) is 1. The molecule has 0 unspecified atom stereocenters. The Morgan fingerprint density at radius 1 is 1.75 bits per heavy atom. The van der Waals surface area contributed by atoms with Crippen molar-refractivity contribution in [3.63, 3.8) is 0 Å². The van der Waals surface area contributed by atoms with Crippen LogP contribution in [0.15, 0.2) is 0 Å². The fourth-order valence-corrected chi connectivity index (χ4v) is 0.358. The van der Waals surface area contributed by atoms with E-state index < -0.39 is 18.9 Å². The highest BCUT2D eigenvalue weighted by Crippen LogP contribution is 2.19. The van der Waals surface area contributed by atoms with Gasteiger partial charge < -0.3 is 4.74 Å². The molecule has 0 saturated carbocycles. The number of hydrogen-bond donors (Lipinski definition) is 0. The zero-order valence-corrected chi connectivity index (χ0v) is 3.77. The highest BCUT2D eigenvalue weighted by molar-refractivity contribution is 5.61. The van der Waals surface area contributed by atoms with Crippen molar-refractivity contribution in [3.8, 4) is 0 Å². The minimum Gasteiger partial charge on any atom is -0.466 e. The molecule has 1 heterocycles. The molecule has 46 valence electrons. The molecule has 0 radical (unpaired) electrons. The number of cyclic esters (lactones) is 2. The van der Waals surface area contributed by atoms with E-state index in [4.69, 9.17) is 4.79 Å². The Labute approximate surface area is 43.2 Å². The second-order valence-corrected chi connectivity index (χ2v) is 1.34. The van der Waals surface area contributed by atoms with Crippen molar-refractivity contribution < 1.29 is 23.0 Å². The summed E-state index contributed by atoms with van der Waals surface area (Å²) in [6, 6.07) is 0. The monoisotopic (exact) mass is 126 g/mol. The van der Waals surface area contributed by atoms with Gasteiger partial charge in [-0.1, -0.05) is 0 Å². The molecule has 0 amide bonds. The molecule has 1 saturated heterocycles. The first-order valence-corrected chi connectivity index (χ1v) is 1.90. The molecule has 2 N–H and O–H groups in total. The van der Waals surface area contributed by atoms with E-state index in [0.717, 1.165) is 0 Å². The third kappa shape index (κ3) is 0.853. The van der Waals surface area contributed by atoms with E-state index in [-0.39, 0.29) is 0 Å². The number of ether oxygens (including phenoxy) is 2. The van der Waals surface area contributed by atoms with Crippen LogP contribution in [0.1, 0.15) is 0 Å². The van der Waals surface area contributed by atoms with Gasteiger partial charge in [-0.15, -0.1) is 13.5 Å². The fourth-order valence-electron chi connectivity index (χ4n) is 0.358. The van der Waals surface area contributed by atoms with Crippen molar-refractivity contribution in [1.82, 2.24) is 0 Å². The van der Waals surface area contributed by atoms with E-state index >= 15 is 0 Å². The maximum absolute atomic E-state index is 11.7. The van der Waals surface area contributed by atoms with E-state index in [2.05, 4.69) is 9.47 Å². The van der Waals surface area contributed by atoms with Crippen LogP contribution in [-0.4, -0.2) is 28.4 Å². The molecule has 0 bridgehead atoms. The molecule has 0 aromatic heterocycles. The summed E-state index contributed by atoms with van der Waals surface area (Å²) in [4.78, 5) is 8.11. The SMILES string of the molecule is [OH+]=C1OC(F)(F)C[OH+]1. The van der Waals surface area contributed by atoms with Gasteiger partial charge in [0.25, 0.3) is 6.61 Å². The van der Waals surface area contributed by atoms with Gasteiger partial charge in [-0.3, -0.25) is 0 Å². The Balaban J connectivity index is 2.56. The summed E-state index contributed by atoms with van der Waals surface area (Å²) in [7, 11) is 0. The van der Waals surface area contributed by atoms with Crippen molar-refractivity contribution in [2.24, 2.45) is 0 Å². The molecule has 1 aliphatic rings. The van der Waals surface area contributed by atoms with E-state index in [1.165, 1.54) is 0 Å². The van der Waals surface area contributed by atoms with E-state index in [1.54, 1.807) is 0 Å². The summed E-state index contributed by atoms with van der Waals surface area (Å²) in [5.74, 6) is 0. The summed E-state index contributed by atoms with van der Waals surface area (Å²) < 4.78 is 29.8.